The average molecular weight is 434 g/mol. The highest BCUT2D eigenvalue weighted by molar-refractivity contribution is 5.77. The van der Waals surface area contributed by atoms with E-state index in [2.05, 4.69) is 58.0 Å². The first kappa shape index (κ1) is 23.2. The molecule has 0 bridgehead atoms. The van der Waals surface area contributed by atoms with Crippen molar-refractivity contribution in [1.29, 1.82) is 0 Å². The predicted molar refractivity (Wildman–Crippen MR) is 134 cm³/mol. The van der Waals surface area contributed by atoms with Crippen molar-refractivity contribution in [3.8, 4) is 22.6 Å². The summed E-state index contributed by atoms with van der Waals surface area (Å²) in [5.41, 5.74) is 5.25. The SMILES string of the molecule is CC(C)Oc1cccc(OC(C)C)c1-c1[c]c(C2CCCCC2)c(C2CCCCC2)cc1. The molecule has 0 atom stereocenters. The summed E-state index contributed by atoms with van der Waals surface area (Å²) >= 11 is 0. The minimum Gasteiger partial charge on any atom is -0.490 e. The number of ether oxygens (including phenoxy) is 2. The van der Waals surface area contributed by atoms with Gasteiger partial charge in [0.2, 0.25) is 0 Å². The zero-order valence-electron chi connectivity index (χ0n) is 20.6. The molecule has 2 aliphatic rings. The smallest absolute Gasteiger partial charge is 0.131 e. The molecule has 2 nitrogen and oxygen atoms in total. The molecular formula is C30H41O2. The molecule has 2 saturated carbocycles. The summed E-state index contributed by atoms with van der Waals surface area (Å²) in [5, 5.41) is 0. The Morgan fingerprint density at radius 3 is 1.75 bits per heavy atom. The molecule has 2 aromatic rings. The van der Waals surface area contributed by atoms with Gasteiger partial charge in [0.05, 0.1) is 17.8 Å². The number of rotatable bonds is 7. The first-order chi connectivity index (χ1) is 15.5. The molecule has 0 aromatic heterocycles. The van der Waals surface area contributed by atoms with E-state index >= 15 is 0 Å². The third-order valence-electron chi connectivity index (χ3n) is 7.05. The van der Waals surface area contributed by atoms with E-state index in [-0.39, 0.29) is 12.2 Å². The maximum absolute atomic E-state index is 6.25. The fourth-order valence-corrected chi connectivity index (χ4v) is 5.65. The second kappa shape index (κ2) is 10.8. The van der Waals surface area contributed by atoms with Gasteiger partial charge in [-0.15, -0.1) is 0 Å². The lowest BCUT2D eigenvalue weighted by Gasteiger charge is -2.30. The molecule has 0 spiro atoms. The van der Waals surface area contributed by atoms with Crippen LogP contribution in [0.2, 0.25) is 0 Å². The van der Waals surface area contributed by atoms with Crippen molar-refractivity contribution in [2.75, 3.05) is 0 Å². The first-order valence-corrected chi connectivity index (χ1v) is 13.1. The van der Waals surface area contributed by atoms with Gasteiger partial charge in [-0.2, -0.15) is 0 Å². The summed E-state index contributed by atoms with van der Waals surface area (Å²) in [6.45, 7) is 8.35. The van der Waals surface area contributed by atoms with Crippen molar-refractivity contribution < 1.29 is 9.47 Å². The molecule has 4 rings (SSSR count). The van der Waals surface area contributed by atoms with Gasteiger partial charge < -0.3 is 9.47 Å². The monoisotopic (exact) mass is 433 g/mol. The maximum atomic E-state index is 6.25. The van der Waals surface area contributed by atoms with Crippen LogP contribution in [0.1, 0.15) is 115 Å². The lowest BCUT2D eigenvalue weighted by molar-refractivity contribution is 0.231. The van der Waals surface area contributed by atoms with E-state index in [1.165, 1.54) is 69.8 Å². The van der Waals surface area contributed by atoms with E-state index in [0.717, 1.165) is 22.6 Å². The highest BCUT2D eigenvalue weighted by atomic mass is 16.5. The molecule has 2 aromatic carbocycles. The summed E-state index contributed by atoms with van der Waals surface area (Å²) in [7, 11) is 0. The third kappa shape index (κ3) is 5.50. The van der Waals surface area contributed by atoms with Crippen LogP contribution in [-0.2, 0) is 0 Å². The fourth-order valence-electron chi connectivity index (χ4n) is 5.65. The standard InChI is InChI=1S/C30H41O2/c1-21(2)31-28-16-11-17-29(32-22(3)4)30(28)25-18-19-26(23-12-7-5-8-13-23)27(20-25)24-14-9-6-10-15-24/h11,16-19,21-24H,5-10,12-15H2,1-4H3. The van der Waals surface area contributed by atoms with E-state index < -0.39 is 0 Å². The second-order valence-electron chi connectivity index (χ2n) is 10.4. The van der Waals surface area contributed by atoms with Gasteiger partial charge in [0.1, 0.15) is 11.5 Å². The Hall–Kier alpha value is -1.96. The lowest BCUT2D eigenvalue weighted by atomic mass is 9.75. The number of hydrogen-bond donors (Lipinski definition) is 0. The van der Waals surface area contributed by atoms with Gasteiger partial charge in [0, 0.05) is 0 Å². The van der Waals surface area contributed by atoms with Crippen LogP contribution >= 0.6 is 0 Å². The molecule has 0 unspecified atom stereocenters. The van der Waals surface area contributed by atoms with Crippen molar-refractivity contribution in [1.82, 2.24) is 0 Å². The molecule has 0 saturated heterocycles. The highest BCUT2D eigenvalue weighted by Gasteiger charge is 2.26. The molecule has 0 heterocycles. The Kier molecular flexibility index (Phi) is 7.81. The molecule has 2 fully saturated rings. The summed E-state index contributed by atoms with van der Waals surface area (Å²) in [6.07, 6.45) is 13.7. The summed E-state index contributed by atoms with van der Waals surface area (Å²) < 4.78 is 12.5. The van der Waals surface area contributed by atoms with Crippen molar-refractivity contribution in [3.05, 3.63) is 47.5 Å². The Morgan fingerprint density at radius 1 is 0.688 bits per heavy atom. The zero-order valence-corrected chi connectivity index (χ0v) is 20.6. The van der Waals surface area contributed by atoms with Gasteiger partial charge >= 0.3 is 0 Å². The predicted octanol–water partition coefficient (Wildman–Crippen LogP) is 8.82. The molecule has 173 valence electrons. The van der Waals surface area contributed by atoms with Crippen LogP contribution in [0.15, 0.2) is 30.3 Å². The molecule has 1 radical (unpaired) electrons. The minimum absolute atomic E-state index is 0.113. The lowest BCUT2D eigenvalue weighted by Crippen LogP contribution is -2.13. The molecule has 32 heavy (non-hydrogen) atoms. The Balaban J connectivity index is 1.81. The van der Waals surface area contributed by atoms with Crippen molar-refractivity contribution >= 4 is 0 Å². The highest BCUT2D eigenvalue weighted by Crippen LogP contribution is 2.45. The van der Waals surface area contributed by atoms with Gasteiger partial charge in [-0.1, -0.05) is 56.7 Å². The van der Waals surface area contributed by atoms with E-state index in [1.807, 2.05) is 6.07 Å². The summed E-state index contributed by atoms with van der Waals surface area (Å²) in [5.74, 6) is 3.15. The molecule has 0 amide bonds. The topological polar surface area (TPSA) is 18.5 Å². The van der Waals surface area contributed by atoms with E-state index in [0.29, 0.717) is 11.8 Å². The van der Waals surface area contributed by atoms with Gasteiger partial charge in [-0.3, -0.25) is 0 Å². The van der Waals surface area contributed by atoms with Crippen LogP contribution in [0, 0.1) is 6.07 Å². The average Bonchev–Trinajstić information content (AvgIpc) is 2.79. The van der Waals surface area contributed by atoms with Crippen LogP contribution in [0.25, 0.3) is 11.1 Å². The Bertz CT molecular complexity index is 842. The van der Waals surface area contributed by atoms with Crippen molar-refractivity contribution in [2.45, 2.75) is 116 Å². The summed E-state index contributed by atoms with van der Waals surface area (Å²) in [4.78, 5) is 0. The quantitative estimate of drug-likeness (QED) is 0.434. The zero-order chi connectivity index (χ0) is 22.5. The molecular weight excluding hydrogens is 392 g/mol. The van der Waals surface area contributed by atoms with Gasteiger partial charge in [0.25, 0.3) is 0 Å². The third-order valence-corrected chi connectivity index (χ3v) is 7.05. The van der Waals surface area contributed by atoms with Crippen LogP contribution in [-0.4, -0.2) is 12.2 Å². The molecule has 0 aliphatic heterocycles. The van der Waals surface area contributed by atoms with Crippen LogP contribution < -0.4 is 9.47 Å². The van der Waals surface area contributed by atoms with Crippen molar-refractivity contribution in [3.63, 3.8) is 0 Å². The van der Waals surface area contributed by atoms with E-state index in [1.54, 1.807) is 5.56 Å². The second-order valence-corrected chi connectivity index (χ2v) is 10.4. The Morgan fingerprint density at radius 2 is 1.22 bits per heavy atom. The van der Waals surface area contributed by atoms with Crippen LogP contribution in [0.5, 0.6) is 11.5 Å². The van der Waals surface area contributed by atoms with Gasteiger partial charge in [-0.05, 0) is 100 Å². The maximum Gasteiger partial charge on any atom is 0.131 e. The number of hydrogen-bond acceptors (Lipinski definition) is 2. The molecule has 2 heteroatoms. The molecule has 2 aliphatic carbocycles. The number of benzene rings is 2. The minimum atomic E-state index is 0.113. The van der Waals surface area contributed by atoms with Gasteiger partial charge in [0.15, 0.2) is 0 Å². The van der Waals surface area contributed by atoms with E-state index in [4.69, 9.17) is 9.47 Å². The van der Waals surface area contributed by atoms with Crippen molar-refractivity contribution in [2.24, 2.45) is 0 Å². The van der Waals surface area contributed by atoms with Crippen LogP contribution in [0.4, 0.5) is 0 Å². The van der Waals surface area contributed by atoms with Gasteiger partial charge in [-0.25, -0.2) is 0 Å². The van der Waals surface area contributed by atoms with E-state index in [9.17, 15) is 0 Å². The molecule has 0 N–H and O–H groups in total. The largest absolute Gasteiger partial charge is 0.490 e. The summed E-state index contributed by atoms with van der Waals surface area (Å²) in [6, 6.07) is 14.9. The first-order valence-electron chi connectivity index (χ1n) is 13.1. The van der Waals surface area contributed by atoms with Crippen LogP contribution in [0.3, 0.4) is 0 Å². The Labute approximate surface area is 195 Å². The fraction of sp³-hybridized carbons (Fsp3) is 0.600. The normalized spacial score (nSPS) is 18.3.